The molecule has 0 unspecified atom stereocenters. The number of hydrogen-bond acceptors (Lipinski definition) is 8. The van der Waals surface area contributed by atoms with Crippen LogP contribution < -0.4 is 14.5 Å². The van der Waals surface area contributed by atoms with Gasteiger partial charge in [-0.1, -0.05) is 30.3 Å². The van der Waals surface area contributed by atoms with Crippen molar-refractivity contribution in [2.75, 3.05) is 36.0 Å². The summed E-state index contributed by atoms with van der Waals surface area (Å²) in [6.07, 6.45) is 1.25. The molecule has 4 aromatic rings. The summed E-state index contributed by atoms with van der Waals surface area (Å²) in [7, 11) is 0. The number of rotatable bonds is 5. The first-order valence-corrected chi connectivity index (χ1v) is 10.8. The molecule has 0 bridgehead atoms. The maximum atomic E-state index is 14.2. The van der Waals surface area contributed by atoms with E-state index >= 15 is 0 Å². The Labute approximate surface area is 194 Å². The topological polar surface area (TPSA) is 97.5 Å². The van der Waals surface area contributed by atoms with Gasteiger partial charge in [-0.2, -0.15) is 4.98 Å². The summed E-state index contributed by atoms with van der Waals surface area (Å²) >= 11 is 0. The molecule has 2 aromatic carbocycles. The maximum Gasteiger partial charge on any atom is 0.373 e. The number of hydrogen-bond donors (Lipinski definition) is 0. The van der Waals surface area contributed by atoms with Gasteiger partial charge in [0.25, 0.3) is 0 Å². The summed E-state index contributed by atoms with van der Waals surface area (Å²) in [5.41, 5.74) is 1.60. The minimum atomic E-state index is -0.530. The zero-order chi connectivity index (χ0) is 23.7. The molecule has 1 fully saturated rings. The van der Waals surface area contributed by atoms with Crippen LogP contribution in [0.2, 0.25) is 0 Å². The fourth-order valence-corrected chi connectivity index (χ4v) is 4.09. The zero-order valence-corrected chi connectivity index (χ0v) is 18.4. The SMILES string of the molecule is Cc1ccc2cccc(Oc3ncnc(N4CCN(c5ccccc5F)CC4)c3[N+](=O)[O-])c2n1. The Morgan fingerprint density at radius 2 is 1.74 bits per heavy atom. The largest absolute Gasteiger partial charge is 0.431 e. The number of ether oxygens (including phenoxy) is 1. The first-order chi connectivity index (χ1) is 16.5. The molecule has 1 saturated heterocycles. The van der Waals surface area contributed by atoms with Crippen LogP contribution in [0.3, 0.4) is 0 Å². The highest BCUT2D eigenvalue weighted by molar-refractivity contribution is 5.85. The third-order valence-corrected chi connectivity index (χ3v) is 5.75. The number of pyridine rings is 1. The van der Waals surface area contributed by atoms with Crippen molar-refractivity contribution in [2.45, 2.75) is 6.92 Å². The third-order valence-electron chi connectivity index (χ3n) is 5.75. The monoisotopic (exact) mass is 460 g/mol. The van der Waals surface area contributed by atoms with Crippen LogP contribution in [0.1, 0.15) is 5.69 Å². The average Bonchev–Trinajstić information content (AvgIpc) is 2.84. The molecule has 0 radical (unpaired) electrons. The molecule has 0 atom stereocenters. The van der Waals surface area contributed by atoms with E-state index in [2.05, 4.69) is 15.0 Å². The van der Waals surface area contributed by atoms with Gasteiger partial charge in [0, 0.05) is 37.3 Å². The first kappa shape index (κ1) is 21.5. The lowest BCUT2D eigenvalue weighted by molar-refractivity contribution is -0.385. The minimum Gasteiger partial charge on any atom is -0.431 e. The van der Waals surface area contributed by atoms with Gasteiger partial charge in [0.1, 0.15) is 17.7 Å². The van der Waals surface area contributed by atoms with Crippen molar-refractivity contribution in [1.29, 1.82) is 0 Å². The normalized spacial score (nSPS) is 13.8. The fraction of sp³-hybridized carbons (Fsp3) is 0.208. The van der Waals surface area contributed by atoms with Crippen LogP contribution in [-0.4, -0.2) is 46.1 Å². The molecule has 34 heavy (non-hydrogen) atoms. The van der Waals surface area contributed by atoms with Crippen molar-refractivity contribution in [1.82, 2.24) is 15.0 Å². The van der Waals surface area contributed by atoms with Crippen LogP contribution in [0.4, 0.5) is 21.6 Å². The van der Waals surface area contributed by atoms with Crippen LogP contribution in [-0.2, 0) is 0 Å². The molecular weight excluding hydrogens is 439 g/mol. The molecule has 3 heterocycles. The van der Waals surface area contributed by atoms with Gasteiger partial charge in [-0.15, -0.1) is 0 Å². The van der Waals surface area contributed by atoms with Gasteiger partial charge >= 0.3 is 11.6 Å². The molecule has 0 spiro atoms. The van der Waals surface area contributed by atoms with E-state index in [4.69, 9.17) is 4.74 Å². The molecule has 5 rings (SSSR count). The Bertz CT molecular complexity index is 1370. The number of anilines is 2. The van der Waals surface area contributed by atoms with Crippen molar-refractivity contribution >= 4 is 28.1 Å². The molecule has 1 aliphatic rings. The first-order valence-electron chi connectivity index (χ1n) is 10.8. The van der Waals surface area contributed by atoms with Gasteiger partial charge in [0.2, 0.25) is 5.82 Å². The van der Waals surface area contributed by atoms with Crippen molar-refractivity contribution in [3.8, 4) is 11.6 Å². The van der Waals surface area contributed by atoms with E-state index in [1.165, 1.54) is 12.4 Å². The number of aryl methyl sites for hydroxylation is 1. The van der Waals surface area contributed by atoms with Crippen molar-refractivity contribution in [3.05, 3.63) is 82.6 Å². The number of piperazine rings is 1. The Hall–Kier alpha value is -4.34. The lowest BCUT2D eigenvalue weighted by Gasteiger charge is -2.36. The Morgan fingerprint density at radius 3 is 2.50 bits per heavy atom. The molecule has 0 aliphatic carbocycles. The van der Waals surface area contributed by atoms with Crippen LogP contribution >= 0.6 is 0 Å². The third kappa shape index (κ3) is 4.05. The van der Waals surface area contributed by atoms with Gasteiger partial charge in [-0.3, -0.25) is 10.1 Å². The maximum absolute atomic E-state index is 14.2. The number of benzene rings is 2. The summed E-state index contributed by atoms with van der Waals surface area (Å²) in [5.74, 6) is 0.104. The van der Waals surface area contributed by atoms with E-state index in [9.17, 15) is 14.5 Å². The highest BCUT2D eigenvalue weighted by Crippen LogP contribution is 2.38. The molecule has 9 nitrogen and oxygen atoms in total. The smallest absolute Gasteiger partial charge is 0.373 e. The summed E-state index contributed by atoms with van der Waals surface area (Å²) < 4.78 is 20.1. The molecule has 172 valence electrons. The summed E-state index contributed by atoms with van der Waals surface area (Å²) in [6.45, 7) is 3.71. The second-order valence-electron chi connectivity index (χ2n) is 7.92. The fourth-order valence-electron chi connectivity index (χ4n) is 4.09. The van der Waals surface area contributed by atoms with E-state index < -0.39 is 4.92 Å². The highest BCUT2D eigenvalue weighted by Gasteiger charge is 2.31. The number of nitro groups is 1. The standard InChI is InChI=1S/C24H21FN6O3/c1-16-9-10-17-5-4-8-20(21(17)28-16)34-24-22(31(32)33)23(26-15-27-24)30-13-11-29(12-14-30)19-7-3-2-6-18(19)25/h2-10,15H,11-14H2,1H3. The molecule has 0 N–H and O–H groups in total. The average molecular weight is 460 g/mol. The zero-order valence-electron chi connectivity index (χ0n) is 18.4. The van der Waals surface area contributed by atoms with Crippen molar-refractivity contribution < 1.29 is 14.1 Å². The summed E-state index contributed by atoms with van der Waals surface area (Å²) in [4.78, 5) is 28.0. The molecule has 1 aliphatic heterocycles. The lowest BCUT2D eigenvalue weighted by atomic mass is 10.2. The lowest BCUT2D eigenvalue weighted by Crippen LogP contribution is -2.47. The highest BCUT2D eigenvalue weighted by atomic mass is 19.1. The van der Waals surface area contributed by atoms with Crippen molar-refractivity contribution in [2.24, 2.45) is 0 Å². The summed E-state index contributed by atoms with van der Waals surface area (Å²) in [5, 5.41) is 12.9. The van der Waals surface area contributed by atoms with E-state index in [0.29, 0.717) is 43.1 Å². The predicted molar refractivity (Wildman–Crippen MR) is 126 cm³/mol. The number of halogens is 1. The second kappa shape index (κ2) is 8.89. The molecule has 2 aromatic heterocycles. The van der Waals surface area contributed by atoms with Crippen LogP contribution in [0.15, 0.2) is 60.9 Å². The summed E-state index contributed by atoms with van der Waals surface area (Å²) in [6, 6.07) is 15.8. The molecule has 0 amide bonds. The Balaban J connectivity index is 1.44. The predicted octanol–water partition coefficient (Wildman–Crippen LogP) is 4.50. The van der Waals surface area contributed by atoms with E-state index in [-0.39, 0.29) is 23.2 Å². The molecule has 10 heteroatoms. The van der Waals surface area contributed by atoms with Gasteiger partial charge in [-0.25, -0.2) is 14.4 Å². The number of nitrogens with zero attached hydrogens (tertiary/aromatic N) is 6. The van der Waals surface area contributed by atoms with Gasteiger partial charge in [0.15, 0.2) is 5.75 Å². The number of fused-ring (bicyclic) bond motifs is 1. The Morgan fingerprint density at radius 1 is 0.971 bits per heavy atom. The van der Waals surface area contributed by atoms with E-state index in [0.717, 1.165) is 11.1 Å². The number of para-hydroxylation sites is 2. The van der Waals surface area contributed by atoms with Crippen LogP contribution in [0.25, 0.3) is 10.9 Å². The van der Waals surface area contributed by atoms with Gasteiger partial charge in [-0.05, 0) is 31.2 Å². The van der Waals surface area contributed by atoms with Crippen LogP contribution in [0, 0.1) is 22.9 Å². The van der Waals surface area contributed by atoms with Crippen molar-refractivity contribution in [3.63, 3.8) is 0 Å². The minimum absolute atomic E-state index is 0.151. The quantitative estimate of drug-likeness (QED) is 0.317. The molecular formula is C24H21FN6O3. The van der Waals surface area contributed by atoms with Gasteiger partial charge < -0.3 is 14.5 Å². The second-order valence-corrected chi connectivity index (χ2v) is 7.92. The van der Waals surface area contributed by atoms with Gasteiger partial charge in [0.05, 0.1) is 10.6 Å². The Kier molecular flexibility index (Phi) is 5.62. The van der Waals surface area contributed by atoms with E-state index in [1.807, 2.05) is 30.0 Å². The van der Waals surface area contributed by atoms with E-state index in [1.54, 1.807) is 35.2 Å². The number of aromatic nitrogens is 3. The van der Waals surface area contributed by atoms with Crippen LogP contribution in [0.5, 0.6) is 11.6 Å². The molecule has 0 saturated carbocycles.